The van der Waals surface area contributed by atoms with Gasteiger partial charge in [0.05, 0.1) is 29.0 Å². The highest BCUT2D eigenvalue weighted by Gasteiger charge is 2.28. The number of amides is 1. The van der Waals surface area contributed by atoms with Crippen molar-refractivity contribution < 1.29 is 9.18 Å². The van der Waals surface area contributed by atoms with E-state index in [4.69, 9.17) is 0 Å². The van der Waals surface area contributed by atoms with E-state index < -0.39 is 5.82 Å². The van der Waals surface area contributed by atoms with Gasteiger partial charge < -0.3 is 0 Å². The second-order valence-electron chi connectivity index (χ2n) is 6.08. The maximum Gasteiger partial charge on any atom is 0.270 e. The zero-order valence-electron chi connectivity index (χ0n) is 13.7. The summed E-state index contributed by atoms with van der Waals surface area (Å²) < 4.78 is 14.5. The molecule has 0 aliphatic heterocycles. The molecular formula is C16H16FN7O. The first-order chi connectivity index (χ1) is 12.0. The summed E-state index contributed by atoms with van der Waals surface area (Å²) in [7, 11) is 1.81. The van der Waals surface area contributed by atoms with Crippen LogP contribution in [0.4, 0.5) is 10.3 Å². The van der Waals surface area contributed by atoms with Gasteiger partial charge in [-0.15, -0.1) is 0 Å². The summed E-state index contributed by atoms with van der Waals surface area (Å²) in [6, 6.07) is 1.82. The van der Waals surface area contributed by atoms with Gasteiger partial charge in [-0.3, -0.25) is 20.3 Å². The van der Waals surface area contributed by atoms with E-state index in [0.717, 1.165) is 36.6 Å². The molecular weight excluding hydrogens is 325 g/mol. The molecule has 0 bridgehead atoms. The molecule has 0 aromatic carbocycles. The Kier molecular flexibility index (Phi) is 3.56. The normalized spacial score (nSPS) is 13.9. The first-order valence-electron chi connectivity index (χ1n) is 7.91. The second kappa shape index (κ2) is 5.76. The number of carbonyl (C=O) groups is 1. The fourth-order valence-corrected chi connectivity index (χ4v) is 2.79. The summed E-state index contributed by atoms with van der Waals surface area (Å²) in [5.74, 6) is -0.393. The molecule has 4 rings (SSSR count). The number of hydrogen-bond acceptors (Lipinski definition) is 6. The molecule has 3 aromatic heterocycles. The van der Waals surface area contributed by atoms with Gasteiger partial charge in [-0.25, -0.2) is 19.3 Å². The summed E-state index contributed by atoms with van der Waals surface area (Å²) in [4.78, 5) is 24.8. The van der Waals surface area contributed by atoms with E-state index in [0.29, 0.717) is 22.5 Å². The van der Waals surface area contributed by atoms with Gasteiger partial charge in [0.25, 0.3) is 5.91 Å². The average Bonchev–Trinajstić information content (AvgIpc) is 3.40. The number of nitrogens with one attached hydrogen (secondary N) is 2. The van der Waals surface area contributed by atoms with E-state index in [9.17, 15) is 9.18 Å². The Balaban J connectivity index is 1.66. The van der Waals surface area contributed by atoms with Crippen molar-refractivity contribution in [2.24, 2.45) is 7.05 Å². The minimum Gasteiger partial charge on any atom is -0.267 e. The standard InChI is InChI=1S/C16H16FN7O/c1-8-13-11(15(25)21-22-16-18-6-10(17)7-19-16)5-12(9-3-4-9)20-14(13)24(2)23-8/h5-7,9H,3-4H2,1-2H3,(H,21,25)(H,18,19,22). The van der Waals surface area contributed by atoms with Crippen LogP contribution in [-0.2, 0) is 7.05 Å². The van der Waals surface area contributed by atoms with Gasteiger partial charge in [-0.05, 0) is 25.8 Å². The van der Waals surface area contributed by atoms with Gasteiger partial charge in [0, 0.05) is 18.7 Å². The lowest BCUT2D eigenvalue weighted by atomic mass is 10.1. The van der Waals surface area contributed by atoms with E-state index in [2.05, 4.69) is 30.9 Å². The number of nitrogens with zero attached hydrogens (tertiary/aromatic N) is 5. The summed E-state index contributed by atoms with van der Waals surface area (Å²) in [5.41, 5.74) is 7.95. The van der Waals surface area contributed by atoms with Crippen LogP contribution >= 0.6 is 0 Å². The van der Waals surface area contributed by atoms with Gasteiger partial charge in [0.2, 0.25) is 5.95 Å². The van der Waals surface area contributed by atoms with Gasteiger partial charge >= 0.3 is 0 Å². The fraction of sp³-hybridized carbons (Fsp3) is 0.312. The third-order valence-corrected chi connectivity index (χ3v) is 4.14. The number of rotatable bonds is 4. The fourth-order valence-electron chi connectivity index (χ4n) is 2.79. The van der Waals surface area contributed by atoms with E-state index >= 15 is 0 Å². The minimum absolute atomic E-state index is 0.102. The van der Waals surface area contributed by atoms with E-state index in [1.54, 1.807) is 4.68 Å². The molecule has 1 amide bonds. The summed E-state index contributed by atoms with van der Waals surface area (Å²) in [5, 5.41) is 5.08. The molecule has 9 heteroatoms. The molecule has 8 nitrogen and oxygen atoms in total. The molecule has 0 atom stereocenters. The topological polar surface area (TPSA) is 97.6 Å². The molecule has 1 fully saturated rings. The van der Waals surface area contributed by atoms with E-state index in [1.165, 1.54) is 0 Å². The Morgan fingerprint density at radius 3 is 2.72 bits per heavy atom. The van der Waals surface area contributed by atoms with Crippen LogP contribution in [0.3, 0.4) is 0 Å². The zero-order chi connectivity index (χ0) is 17.6. The zero-order valence-corrected chi connectivity index (χ0v) is 13.7. The summed E-state index contributed by atoms with van der Waals surface area (Å²) in [6.45, 7) is 1.84. The predicted octanol–water partition coefficient (Wildman–Crippen LogP) is 1.84. The predicted molar refractivity (Wildman–Crippen MR) is 88.3 cm³/mol. The van der Waals surface area contributed by atoms with Crippen molar-refractivity contribution in [3.05, 3.63) is 41.2 Å². The smallest absolute Gasteiger partial charge is 0.267 e. The number of halogens is 1. The van der Waals surface area contributed by atoms with Gasteiger partial charge in [0.15, 0.2) is 11.5 Å². The molecule has 1 aliphatic rings. The molecule has 3 heterocycles. The molecule has 128 valence electrons. The van der Waals surface area contributed by atoms with Crippen molar-refractivity contribution in [1.29, 1.82) is 0 Å². The van der Waals surface area contributed by atoms with Crippen LogP contribution in [0.2, 0.25) is 0 Å². The van der Waals surface area contributed by atoms with Crippen LogP contribution < -0.4 is 10.9 Å². The van der Waals surface area contributed by atoms with Crippen molar-refractivity contribution in [1.82, 2.24) is 30.2 Å². The maximum atomic E-state index is 12.8. The third kappa shape index (κ3) is 2.88. The van der Waals surface area contributed by atoms with Crippen molar-refractivity contribution in [3.8, 4) is 0 Å². The molecule has 25 heavy (non-hydrogen) atoms. The number of pyridine rings is 1. The van der Waals surface area contributed by atoms with Crippen molar-refractivity contribution in [3.63, 3.8) is 0 Å². The lowest BCUT2D eigenvalue weighted by molar-refractivity contribution is 0.0963. The molecule has 1 aliphatic carbocycles. The van der Waals surface area contributed by atoms with Crippen molar-refractivity contribution in [2.45, 2.75) is 25.7 Å². The van der Waals surface area contributed by atoms with Crippen molar-refractivity contribution in [2.75, 3.05) is 5.43 Å². The number of hydrazine groups is 1. The van der Waals surface area contributed by atoms with Gasteiger partial charge in [0.1, 0.15) is 0 Å². The Bertz CT molecular complexity index is 963. The average molecular weight is 341 g/mol. The third-order valence-electron chi connectivity index (χ3n) is 4.14. The van der Waals surface area contributed by atoms with Crippen LogP contribution in [-0.4, -0.2) is 30.6 Å². The Morgan fingerprint density at radius 1 is 1.32 bits per heavy atom. The summed E-state index contributed by atoms with van der Waals surface area (Å²) in [6.07, 6.45) is 4.20. The number of anilines is 1. The van der Waals surface area contributed by atoms with Crippen LogP contribution in [0.25, 0.3) is 11.0 Å². The first-order valence-corrected chi connectivity index (χ1v) is 7.91. The van der Waals surface area contributed by atoms with E-state index in [1.807, 2.05) is 20.0 Å². The monoisotopic (exact) mass is 341 g/mol. The number of fused-ring (bicyclic) bond motifs is 1. The highest BCUT2D eigenvalue weighted by atomic mass is 19.1. The molecule has 0 saturated heterocycles. The van der Waals surface area contributed by atoms with Crippen LogP contribution in [0.1, 0.15) is 40.5 Å². The highest BCUT2D eigenvalue weighted by Crippen LogP contribution is 2.40. The minimum atomic E-state index is -0.548. The van der Waals surface area contributed by atoms with E-state index in [-0.39, 0.29) is 11.9 Å². The van der Waals surface area contributed by atoms with Crippen LogP contribution in [0.5, 0.6) is 0 Å². The number of aromatic nitrogens is 5. The molecule has 0 unspecified atom stereocenters. The Hall–Kier alpha value is -3.10. The Morgan fingerprint density at radius 2 is 2.04 bits per heavy atom. The van der Waals surface area contributed by atoms with Crippen molar-refractivity contribution >= 4 is 22.9 Å². The summed E-state index contributed by atoms with van der Waals surface area (Å²) >= 11 is 0. The lowest BCUT2D eigenvalue weighted by Gasteiger charge is -2.09. The Labute approximate surface area is 142 Å². The first kappa shape index (κ1) is 15.4. The van der Waals surface area contributed by atoms with Gasteiger partial charge in [-0.1, -0.05) is 0 Å². The number of carbonyl (C=O) groups excluding carboxylic acids is 1. The molecule has 1 saturated carbocycles. The van der Waals surface area contributed by atoms with Crippen LogP contribution in [0, 0.1) is 12.7 Å². The second-order valence-corrected chi connectivity index (χ2v) is 6.08. The number of aryl methyl sites for hydroxylation is 2. The molecule has 3 aromatic rings. The maximum absolute atomic E-state index is 12.8. The SMILES string of the molecule is Cc1nn(C)c2nc(C3CC3)cc(C(=O)NNc3ncc(F)cn3)c12. The molecule has 0 radical (unpaired) electrons. The van der Waals surface area contributed by atoms with Crippen LogP contribution in [0.15, 0.2) is 18.5 Å². The molecule has 0 spiro atoms. The highest BCUT2D eigenvalue weighted by molar-refractivity contribution is 6.06. The lowest BCUT2D eigenvalue weighted by Crippen LogP contribution is -2.30. The quantitative estimate of drug-likeness (QED) is 0.703. The number of hydrogen-bond donors (Lipinski definition) is 2. The molecule has 2 N–H and O–H groups in total. The largest absolute Gasteiger partial charge is 0.270 e. The van der Waals surface area contributed by atoms with Gasteiger partial charge in [-0.2, -0.15) is 5.10 Å².